The Hall–Kier alpha value is -2.64. The van der Waals surface area contributed by atoms with E-state index in [0.29, 0.717) is 16.5 Å². The average molecular weight is 295 g/mol. The molecule has 4 nitrogen and oxygen atoms in total. The second-order valence-electron chi connectivity index (χ2n) is 4.58. The van der Waals surface area contributed by atoms with Gasteiger partial charge in [0.2, 0.25) is 0 Å². The maximum Gasteiger partial charge on any atom is 0.163 e. The zero-order valence-electron chi connectivity index (χ0n) is 11.3. The molecule has 0 fully saturated rings. The molecule has 0 aliphatic rings. The van der Waals surface area contributed by atoms with E-state index in [1.807, 2.05) is 54.4 Å². The number of fused-ring (bicyclic) bond motifs is 1. The van der Waals surface area contributed by atoms with Crippen LogP contribution in [0.2, 0.25) is 5.15 Å². The minimum Gasteiger partial charge on any atom is -0.327 e. The van der Waals surface area contributed by atoms with Gasteiger partial charge in [-0.3, -0.25) is 0 Å². The van der Waals surface area contributed by atoms with Gasteiger partial charge in [-0.25, -0.2) is 0 Å². The van der Waals surface area contributed by atoms with Crippen molar-refractivity contribution in [1.82, 2.24) is 10.2 Å². The van der Waals surface area contributed by atoms with Crippen LogP contribution in [0.1, 0.15) is 5.56 Å². The highest BCUT2D eigenvalue weighted by Gasteiger charge is 2.13. The Balaban J connectivity index is 2.16. The molecule has 0 radical (unpaired) electrons. The standard InChI is InChI=1S/C16H11ClN4/c1-21(12-6-4-5-11(9-12)10-18)16-14-8-3-2-7-13(14)15(17)19-20-16/h2-9H,1H3. The first-order chi connectivity index (χ1) is 10.2. The van der Waals surface area contributed by atoms with Crippen molar-refractivity contribution < 1.29 is 0 Å². The lowest BCUT2D eigenvalue weighted by Crippen LogP contribution is -2.12. The summed E-state index contributed by atoms with van der Waals surface area (Å²) in [4.78, 5) is 1.90. The van der Waals surface area contributed by atoms with E-state index < -0.39 is 0 Å². The monoisotopic (exact) mass is 294 g/mol. The number of hydrogen-bond donors (Lipinski definition) is 0. The van der Waals surface area contributed by atoms with Gasteiger partial charge in [0.15, 0.2) is 11.0 Å². The van der Waals surface area contributed by atoms with Crippen LogP contribution in [0.4, 0.5) is 11.5 Å². The molecule has 3 aromatic rings. The maximum atomic E-state index is 9.01. The molecule has 0 saturated heterocycles. The molecule has 21 heavy (non-hydrogen) atoms. The number of halogens is 1. The van der Waals surface area contributed by atoms with Crippen LogP contribution >= 0.6 is 11.6 Å². The Morgan fingerprint density at radius 2 is 1.81 bits per heavy atom. The zero-order chi connectivity index (χ0) is 14.8. The van der Waals surface area contributed by atoms with E-state index in [4.69, 9.17) is 16.9 Å². The van der Waals surface area contributed by atoms with Crippen LogP contribution in [0.15, 0.2) is 48.5 Å². The molecule has 0 amide bonds. The van der Waals surface area contributed by atoms with Gasteiger partial charge >= 0.3 is 0 Å². The van der Waals surface area contributed by atoms with Crippen molar-refractivity contribution in [1.29, 1.82) is 5.26 Å². The molecule has 3 rings (SSSR count). The van der Waals surface area contributed by atoms with E-state index >= 15 is 0 Å². The normalized spacial score (nSPS) is 10.3. The summed E-state index contributed by atoms with van der Waals surface area (Å²) in [6.07, 6.45) is 0. The number of anilines is 2. The highest BCUT2D eigenvalue weighted by molar-refractivity contribution is 6.34. The topological polar surface area (TPSA) is 52.8 Å². The summed E-state index contributed by atoms with van der Waals surface area (Å²) in [5.41, 5.74) is 1.47. The van der Waals surface area contributed by atoms with Gasteiger partial charge < -0.3 is 4.90 Å². The molecular formula is C16H11ClN4. The minimum atomic E-state index is 0.383. The van der Waals surface area contributed by atoms with E-state index in [2.05, 4.69) is 16.3 Å². The predicted molar refractivity (Wildman–Crippen MR) is 83.8 cm³/mol. The molecule has 2 aromatic carbocycles. The van der Waals surface area contributed by atoms with E-state index in [-0.39, 0.29) is 0 Å². The molecule has 1 heterocycles. The Kier molecular flexibility index (Phi) is 3.43. The van der Waals surface area contributed by atoms with Gasteiger partial charge in [0, 0.05) is 23.5 Å². The summed E-state index contributed by atoms with van der Waals surface area (Å²) in [7, 11) is 1.89. The lowest BCUT2D eigenvalue weighted by molar-refractivity contribution is 1.01. The molecular weight excluding hydrogens is 284 g/mol. The van der Waals surface area contributed by atoms with Crippen LogP contribution in [0.3, 0.4) is 0 Å². The fourth-order valence-corrected chi connectivity index (χ4v) is 2.41. The summed E-state index contributed by atoms with van der Waals surface area (Å²) < 4.78 is 0. The summed E-state index contributed by atoms with van der Waals surface area (Å²) >= 11 is 6.09. The van der Waals surface area contributed by atoms with Gasteiger partial charge in [0.25, 0.3) is 0 Å². The first-order valence-corrected chi connectivity index (χ1v) is 6.73. The SMILES string of the molecule is CN(c1cccc(C#N)c1)c1nnc(Cl)c2ccccc12. The van der Waals surface area contributed by atoms with Crippen molar-refractivity contribution in [3.63, 3.8) is 0 Å². The minimum absolute atomic E-state index is 0.383. The van der Waals surface area contributed by atoms with Crippen LogP contribution in [-0.2, 0) is 0 Å². The number of aromatic nitrogens is 2. The summed E-state index contributed by atoms with van der Waals surface area (Å²) in [5, 5.41) is 19.4. The molecule has 0 bridgehead atoms. The van der Waals surface area contributed by atoms with Crippen LogP contribution in [0, 0.1) is 11.3 Å². The van der Waals surface area contributed by atoms with Crippen LogP contribution in [-0.4, -0.2) is 17.2 Å². The molecule has 0 aliphatic carbocycles. The summed E-state index contributed by atoms with van der Waals surface area (Å²) in [6.45, 7) is 0. The van der Waals surface area contributed by atoms with E-state index in [1.54, 1.807) is 6.07 Å². The molecule has 0 N–H and O–H groups in total. The molecule has 0 unspecified atom stereocenters. The van der Waals surface area contributed by atoms with Gasteiger partial charge in [-0.2, -0.15) is 5.26 Å². The number of benzene rings is 2. The summed E-state index contributed by atoms with van der Waals surface area (Å²) in [5.74, 6) is 0.699. The first kappa shape index (κ1) is 13.3. The number of hydrogen-bond acceptors (Lipinski definition) is 4. The third-order valence-electron chi connectivity index (χ3n) is 3.30. The van der Waals surface area contributed by atoms with Gasteiger partial charge in [-0.15, -0.1) is 10.2 Å². The first-order valence-electron chi connectivity index (χ1n) is 6.35. The fourth-order valence-electron chi connectivity index (χ4n) is 2.21. The van der Waals surface area contributed by atoms with E-state index in [0.717, 1.165) is 16.5 Å². The second-order valence-corrected chi connectivity index (χ2v) is 4.94. The van der Waals surface area contributed by atoms with E-state index in [1.165, 1.54) is 0 Å². The number of rotatable bonds is 2. The van der Waals surface area contributed by atoms with Gasteiger partial charge in [0.1, 0.15) is 0 Å². The smallest absolute Gasteiger partial charge is 0.163 e. The molecule has 0 aliphatic heterocycles. The fraction of sp³-hybridized carbons (Fsp3) is 0.0625. The molecule has 102 valence electrons. The van der Waals surface area contributed by atoms with Crippen molar-refractivity contribution >= 4 is 33.9 Å². The number of nitrogens with zero attached hydrogens (tertiary/aromatic N) is 4. The zero-order valence-corrected chi connectivity index (χ0v) is 12.0. The average Bonchev–Trinajstić information content (AvgIpc) is 2.55. The molecule has 0 saturated carbocycles. The van der Waals surface area contributed by atoms with Crippen molar-refractivity contribution in [3.05, 3.63) is 59.2 Å². The Bertz CT molecular complexity index is 854. The second kappa shape index (κ2) is 5.39. The van der Waals surface area contributed by atoms with Crippen LogP contribution in [0.5, 0.6) is 0 Å². The van der Waals surface area contributed by atoms with Gasteiger partial charge in [0.05, 0.1) is 11.6 Å². The summed E-state index contributed by atoms with van der Waals surface area (Å²) in [6, 6.07) is 17.2. The van der Waals surface area contributed by atoms with Crippen LogP contribution < -0.4 is 4.90 Å². The highest BCUT2D eigenvalue weighted by Crippen LogP contribution is 2.31. The van der Waals surface area contributed by atoms with Crippen molar-refractivity contribution in [2.45, 2.75) is 0 Å². The van der Waals surface area contributed by atoms with E-state index in [9.17, 15) is 0 Å². The van der Waals surface area contributed by atoms with Gasteiger partial charge in [-0.05, 0) is 18.2 Å². The van der Waals surface area contributed by atoms with Crippen molar-refractivity contribution in [3.8, 4) is 6.07 Å². The van der Waals surface area contributed by atoms with Crippen molar-refractivity contribution in [2.75, 3.05) is 11.9 Å². The Labute approximate surface area is 127 Å². The maximum absolute atomic E-state index is 9.01. The third-order valence-corrected chi connectivity index (χ3v) is 3.58. The van der Waals surface area contributed by atoms with Crippen molar-refractivity contribution in [2.24, 2.45) is 0 Å². The number of nitriles is 1. The largest absolute Gasteiger partial charge is 0.327 e. The molecule has 1 aromatic heterocycles. The molecule has 0 spiro atoms. The Morgan fingerprint density at radius 1 is 1.05 bits per heavy atom. The van der Waals surface area contributed by atoms with Gasteiger partial charge in [-0.1, -0.05) is 41.9 Å². The lowest BCUT2D eigenvalue weighted by Gasteiger charge is -2.19. The Morgan fingerprint density at radius 3 is 2.57 bits per heavy atom. The third kappa shape index (κ3) is 2.39. The quantitative estimate of drug-likeness (QED) is 0.719. The highest BCUT2D eigenvalue weighted by atomic mass is 35.5. The lowest BCUT2D eigenvalue weighted by atomic mass is 10.1. The molecule has 5 heteroatoms. The predicted octanol–water partition coefficient (Wildman–Crippen LogP) is 3.92. The molecule has 0 atom stereocenters. The van der Waals surface area contributed by atoms with Crippen LogP contribution in [0.25, 0.3) is 10.8 Å².